The number of ether oxygens (including phenoxy) is 2. The van der Waals surface area contributed by atoms with Crippen LogP contribution in [0.3, 0.4) is 0 Å². The van der Waals surface area contributed by atoms with Gasteiger partial charge in [-0.25, -0.2) is 0 Å². The van der Waals surface area contributed by atoms with Crippen molar-refractivity contribution in [1.82, 2.24) is 9.80 Å². The normalized spacial score (nSPS) is 18.6. The number of likely N-dealkylation sites (N-methyl/N-ethyl adjacent to an activating group) is 1. The van der Waals surface area contributed by atoms with Gasteiger partial charge in [0.2, 0.25) is 5.91 Å². The third kappa shape index (κ3) is 4.47. The van der Waals surface area contributed by atoms with E-state index in [1.54, 1.807) is 14.2 Å². The second kappa shape index (κ2) is 9.11. The summed E-state index contributed by atoms with van der Waals surface area (Å²) in [5.41, 5.74) is 2.34. The van der Waals surface area contributed by atoms with Crippen molar-refractivity contribution >= 4 is 5.91 Å². The van der Waals surface area contributed by atoms with Crippen LogP contribution < -0.4 is 9.47 Å². The molecule has 2 atom stereocenters. The molecule has 1 aliphatic heterocycles. The Bertz CT molecular complexity index is 794. The highest BCUT2D eigenvalue weighted by atomic mass is 16.5. The predicted molar refractivity (Wildman–Crippen MR) is 111 cm³/mol. The molecule has 0 spiro atoms. The van der Waals surface area contributed by atoms with E-state index in [1.807, 2.05) is 42.2 Å². The van der Waals surface area contributed by atoms with Crippen molar-refractivity contribution in [2.45, 2.75) is 19.4 Å². The standard InChI is InChI=1S/C23H30N2O3/c1-17(14-18-8-6-5-7-9-18)23(26)25-13-12-24(2)20(16-25)19-10-11-21(27-3)22(15-19)28-4/h5-11,15,17,20H,12-14,16H2,1-4H3. The predicted octanol–water partition coefficient (Wildman–Crippen LogP) is 3.40. The zero-order valence-electron chi connectivity index (χ0n) is 17.2. The van der Waals surface area contributed by atoms with Crippen molar-refractivity contribution in [3.8, 4) is 11.5 Å². The van der Waals surface area contributed by atoms with Gasteiger partial charge < -0.3 is 14.4 Å². The second-order valence-corrected chi connectivity index (χ2v) is 7.49. The largest absolute Gasteiger partial charge is 0.493 e. The number of methoxy groups -OCH3 is 2. The zero-order valence-corrected chi connectivity index (χ0v) is 17.2. The van der Waals surface area contributed by atoms with Gasteiger partial charge in [0.1, 0.15) is 0 Å². The highest BCUT2D eigenvalue weighted by Crippen LogP contribution is 2.33. The van der Waals surface area contributed by atoms with Crippen LogP contribution in [0.5, 0.6) is 11.5 Å². The van der Waals surface area contributed by atoms with Gasteiger partial charge in [-0.3, -0.25) is 9.69 Å². The summed E-state index contributed by atoms with van der Waals surface area (Å²) < 4.78 is 10.8. The van der Waals surface area contributed by atoms with Gasteiger partial charge in [-0.1, -0.05) is 43.3 Å². The molecule has 2 unspecified atom stereocenters. The number of nitrogens with zero attached hydrogens (tertiary/aromatic N) is 2. The van der Waals surface area contributed by atoms with Gasteiger partial charge >= 0.3 is 0 Å². The fourth-order valence-electron chi connectivity index (χ4n) is 3.86. The van der Waals surface area contributed by atoms with Gasteiger partial charge in [0.15, 0.2) is 11.5 Å². The van der Waals surface area contributed by atoms with Crippen molar-refractivity contribution in [3.05, 3.63) is 59.7 Å². The van der Waals surface area contributed by atoms with Crippen LogP contribution in [-0.4, -0.2) is 56.6 Å². The molecule has 0 radical (unpaired) electrons. The molecule has 1 fully saturated rings. The van der Waals surface area contributed by atoms with Crippen molar-refractivity contribution < 1.29 is 14.3 Å². The molecule has 1 aliphatic rings. The maximum Gasteiger partial charge on any atom is 0.225 e. The van der Waals surface area contributed by atoms with Gasteiger partial charge in [-0.2, -0.15) is 0 Å². The third-order valence-electron chi connectivity index (χ3n) is 5.56. The highest BCUT2D eigenvalue weighted by molar-refractivity contribution is 5.79. The topological polar surface area (TPSA) is 42.0 Å². The van der Waals surface area contributed by atoms with E-state index >= 15 is 0 Å². The summed E-state index contributed by atoms with van der Waals surface area (Å²) in [6.45, 7) is 4.32. The fraction of sp³-hybridized carbons (Fsp3) is 0.435. The van der Waals surface area contributed by atoms with E-state index in [0.717, 1.165) is 25.1 Å². The molecular formula is C23H30N2O3. The number of piperazine rings is 1. The minimum absolute atomic E-state index is 0.0307. The molecule has 2 aromatic rings. The monoisotopic (exact) mass is 382 g/mol. The molecule has 2 aromatic carbocycles. The number of hydrogen-bond acceptors (Lipinski definition) is 4. The third-order valence-corrected chi connectivity index (χ3v) is 5.56. The summed E-state index contributed by atoms with van der Waals surface area (Å²) in [5.74, 6) is 1.63. The Morgan fingerprint density at radius 3 is 2.46 bits per heavy atom. The molecule has 0 saturated carbocycles. The van der Waals surface area contributed by atoms with E-state index in [1.165, 1.54) is 5.56 Å². The Labute approximate surface area is 167 Å². The first-order valence-corrected chi connectivity index (χ1v) is 9.78. The van der Waals surface area contributed by atoms with E-state index in [2.05, 4.69) is 30.1 Å². The van der Waals surface area contributed by atoms with Gasteiger partial charge in [-0.15, -0.1) is 0 Å². The first-order valence-electron chi connectivity index (χ1n) is 9.78. The second-order valence-electron chi connectivity index (χ2n) is 7.49. The van der Waals surface area contributed by atoms with Crippen LogP contribution in [0.15, 0.2) is 48.5 Å². The summed E-state index contributed by atoms with van der Waals surface area (Å²) in [7, 11) is 5.39. The maximum absolute atomic E-state index is 13.1. The average Bonchev–Trinajstić information content (AvgIpc) is 2.73. The lowest BCUT2D eigenvalue weighted by Gasteiger charge is -2.40. The van der Waals surface area contributed by atoms with E-state index in [9.17, 15) is 4.79 Å². The Morgan fingerprint density at radius 1 is 1.07 bits per heavy atom. The first-order chi connectivity index (χ1) is 13.5. The Balaban J connectivity index is 1.72. The van der Waals surface area contributed by atoms with Crippen LogP contribution in [0.2, 0.25) is 0 Å². The van der Waals surface area contributed by atoms with E-state index in [0.29, 0.717) is 18.0 Å². The Morgan fingerprint density at radius 2 is 1.79 bits per heavy atom. The molecular weight excluding hydrogens is 352 g/mol. The van der Waals surface area contributed by atoms with Crippen LogP contribution >= 0.6 is 0 Å². The van der Waals surface area contributed by atoms with Crippen molar-refractivity contribution in [3.63, 3.8) is 0 Å². The lowest BCUT2D eigenvalue weighted by atomic mass is 9.97. The van der Waals surface area contributed by atoms with Gasteiger partial charge in [0.25, 0.3) is 0 Å². The van der Waals surface area contributed by atoms with Crippen LogP contribution in [-0.2, 0) is 11.2 Å². The van der Waals surface area contributed by atoms with Gasteiger partial charge in [-0.05, 0) is 36.7 Å². The Kier molecular flexibility index (Phi) is 6.57. The van der Waals surface area contributed by atoms with Gasteiger partial charge in [0, 0.05) is 25.6 Å². The number of amides is 1. The molecule has 0 aromatic heterocycles. The molecule has 1 amide bonds. The number of benzene rings is 2. The summed E-state index contributed by atoms with van der Waals surface area (Å²) in [4.78, 5) is 17.4. The Hall–Kier alpha value is -2.53. The molecule has 5 heteroatoms. The fourth-order valence-corrected chi connectivity index (χ4v) is 3.86. The zero-order chi connectivity index (χ0) is 20.1. The van der Waals surface area contributed by atoms with Crippen LogP contribution in [0.4, 0.5) is 0 Å². The van der Waals surface area contributed by atoms with E-state index < -0.39 is 0 Å². The minimum atomic E-state index is -0.0307. The summed E-state index contributed by atoms with van der Waals surface area (Å²) >= 11 is 0. The van der Waals surface area contributed by atoms with Crippen molar-refractivity contribution in [2.24, 2.45) is 5.92 Å². The molecule has 1 heterocycles. The smallest absolute Gasteiger partial charge is 0.225 e. The van der Waals surface area contributed by atoms with Crippen molar-refractivity contribution in [1.29, 1.82) is 0 Å². The molecule has 3 rings (SSSR count). The lowest BCUT2D eigenvalue weighted by Crippen LogP contribution is -2.50. The van der Waals surface area contributed by atoms with Crippen LogP contribution in [0.1, 0.15) is 24.1 Å². The SMILES string of the molecule is COc1ccc(C2CN(C(=O)C(C)Cc3ccccc3)CCN2C)cc1OC. The summed E-state index contributed by atoms with van der Waals surface area (Å²) in [6.07, 6.45) is 0.771. The number of carbonyl (C=O) groups excluding carboxylic acids is 1. The van der Waals surface area contributed by atoms with Crippen molar-refractivity contribution in [2.75, 3.05) is 40.9 Å². The van der Waals surface area contributed by atoms with Crippen LogP contribution in [0.25, 0.3) is 0 Å². The first kappa shape index (κ1) is 20.2. The van der Waals surface area contributed by atoms with E-state index in [-0.39, 0.29) is 17.9 Å². The average molecular weight is 383 g/mol. The van der Waals surface area contributed by atoms with Gasteiger partial charge in [0.05, 0.1) is 20.3 Å². The quantitative estimate of drug-likeness (QED) is 0.768. The minimum Gasteiger partial charge on any atom is -0.493 e. The highest BCUT2D eigenvalue weighted by Gasteiger charge is 2.31. The molecule has 0 N–H and O–H groups in total. The maximum atomic E-state index is 13.1. The molecule has 150 valence electrons. The molecule has 5 nitrogen and oxygen atoms in total. The summed E-state index contributed by atoms with van der Waals surface area (Å²) in [5, 5.41) is 0. The van der Waals surface area contributed by atoms with Crippen LogP contribution in [0, 0.1) is 5.92 Å². The number of hydrogen-bond donors (Lipinski definition) is 0. The number of rotatable bonds is 6. The molecule has 0 aliphatic carbocycles. The summed E-state index contributed by atoms with van der Waals surface area (Å²) in [6, 6.07) is 16.4. The molecule has 0 bridgehead atoms. The number of carbonyl (C=O) groups is 1. The lowest BCUT2D eigenvalue weighted by molar-refractivity contribution is -0.137. The van der Waals surface area contributed by atoms with E-state index in [4.69, 9.17) is 9.47 Å². The molecule has 28 heavy (non-hydrogen) atoms. The molecule has 1 saturated heterocycles.